The Balaban J connectivity index is 1.95. The molecule has 2 aromatic rings. The molecule has 152 valence electrons. The van der Waals surface area contributed by atoms with Gasteiger partial charge in [-0.25, -0.2) is 8.42 Å². The Kier molecular flexibility index (Phi) is 8.35. The monoisotopic (exact) mass is 423 g/mol. The molecule has 0 unspecified atom stereocenters. The molecular formula is C20H25NO5S2. The molecule has 0 atom stereocenters. The zero-order valence-corrected chi connectivity index (χ0v) is 17.5. The molecule has 0 radical (unpaired) electrons. The number of aldehydes is 1. The minimum Gasteiger partial charge on any atom is -0.481 e. The Morgan fingerprint density at radius 2 is 1.79 bits per heavy atom. The fraction of sp³-hybridized carbons (Fsp3) is 0.400. The standard InChI is InChI=1S/C20H25NO5S2/c1-28(25,26)21(12-5-3-2-4-6-19(23)24)14-16-7-9-17(10-8-16)20-18(15-22)11-13-27-20/h7-11,13,15H,2-6,12,14H2,1H3,(H,23,24). The number of benzene rings is 1. The zero-order chi connectivity index (χ0) is 20.6. The Morgan fingerprint density at radius 3 is 2.39 bits per heavy atom. The number of carbonyl (C=O) groups is 2. The van der Waals surface area contributed by atoms with E-state index >= 15 is 0 Å². The zero-order valence-electron chi connectivity index (χ0n) is 15.8. The number of carbonyl (C=O) groups excluding carboxylic acids is 1. The first kappa shape index (κ1) is 22.3. The average molecular weight is 424 g/mol. The Bertz CT molecular complexity index is 888. The van der Waals surface area contributed by atoms with Crippen LogP contribution in [0.25, 0.3) is 10.4 Å². The maximum atomic E-state index is 12.1. The molecule has 0 bridgehead atoms. The molecule has 0 fully saturated rings. The summed E-state index contributed by atoms with van der Waals surface area (Å²) in [5.74, 6) is -0.802. The van der Waals surface area contributed by atoms with Crippen molar-refractivity contribution in [3.05, 3.63) is 46.8 Å². The third kappa shape index (κ3) is 6.85. The van der Waals surface area contributed by atoms with E-state index in [-0.39, 0.29) is 6.42 Å². The number of rotatable bonds is 12. The summed E-state index contributed by atoms with van der Waals surface area (Å²) >= 11 is 1.50. The predicted molar refractivity (Wildman–Crippen MR) is 111 cm³/mol. The van der Waals surface area contributed by atoms with Crippen LogP contribution in [0.2, 0.25) is 0 Å². The van der Waals surface area contributed by atoms with Gasteiger partial charge >= 0.3 is 5.97 Å². The quantitative estimate of drug-likeness (QED) is 0.411. The van der Waals surface area contributed by atoms with Crippen molar-refractivity contribution >= 4 is 33.6 Å². The molecule has 0 saturated carbocycles. The molecule has 2 rings (SSSR count). The van der Waals surface area contributed by atoms with Gasteiger partial charge in [0.15, 0.2) is 6.29 Å². The molecule has 6 nitrogen and oxygen atoms in total. The summed E-state index contributed by atoms with van der Waals surface area (Å²) in [6.07, 6.45) is 5.07. The van der Waals surface area contributed by atoms with Gasteiger partial charge in [0.25, 0.3) is 0 Å². The average Bonchev–Trinajstić information content (AvgIpc) is 3.11. The molecule has 0 saturated heterocycles. The minimum atomic E-state index is -3.34. The Hall–Kier alpha value is -2.03. The van der Waals surface area contributed by atoms with Crippen LogP contribution in [0.3, 0.4) is 0 Å². The summed E-state index contributed by atoms with van der Waals surface area (Å²) in [4.78, 5) is 22.5. The van der Waals surface area contributed by atoms with Gasteiger partial charge in [0, 0.05) is 30.0 Å². The van der Waals surface area contributed by atoms with E-state index in [4.69, 9.17) is 5.11 Å². The summed E-state index contributed by atoms with van der Waals surface area (Å²) in [6, 6.07) is 9.35. The molecule has 1 aromatic carbocycles. The SMILES string of the molecule is CS(=O)(=O)N(CCCCCCC(=O)O)Cc1ccc(-c2sccc2C=O)cc1. The third-order valence-electron chi connectivity index (χ3n) is 4.41. The molecule has 1 aromatic heterocycles. The van der Waals surface area contributed by atoms with Crippen molar-refractivity contribution in [1.82, 2.24) is 4.31 Å². The summed E-state index contributed by atoms with van der Waals surface area (Å²) in [6.45, 7) is 0.701. The molecule has 1 heterocycles. The lowest BCUT2D eigenvalue weighted by Crippen LogP contribution is -2.30. The van der Waals surface area contributed by atoms with Gasteiger partial charge in [-0.3, -0.25) is 9.59 Å². The number of carboxylic acids is 1. The van der Waals surface area contributed by atoms with Crippen LogP contribution < -0.4 is 0 Å². The first-order valence-corrected chi connectivity index (χ1v) is 11.8. The minimum absolute atomic E-state index is 0.151. The van der Waals surface area contributed by atoms with Crippen LogP contribution >= 0.6 is 11.3 Å². The van der Waals surface area contributed by atoms with Gasteiger partial charge in [-0.05, 0) is 35.4 Å². The number of hydrogen-bond acceptors (Lipinski definition) is 5. The summed E-state index contributed by atoms with van der Waals surface area (Å²) in [7, 11) is -3.34. The van der Waals surface area contributed by atoms with Gasteiger partial charge in [0.1, 0.15) is 0 Å². The molecular weight excluding hydrogens is 398 g/mol. The van der Waals surface area contributed by atoms with Crippen molar-refractivity contribution in [2.45, 2.75) is 38.6 Å². The molecule has 1 N–H and O–H groups in total. The normalized spacial score (nSPS) is 11.6. The van der Waals surface area contributed by atoms with Gasteiger partial charge in [-0.2, -0.15) is 4.31 Å². The van der Waals surface area contributed by atoms with Gasteiger partial charge in [-0.1, -0.05) is 37.1 Å². The fourth-order valence-corrected chi connectivity index (χ4v) is 4.61. The van der Waals surface area contributed by atoms with E-state index in [0.717, 1.165) is 35.1 Å². The van der Waals surface area contributed by atoms with Crippen molar-refractivity contribution in [3.63, 3.8) is 0 Å². The highest BCUT2D eigenvalue weighted by molar-refractivity contribution is 7.88. The lowest BCUT2D eigenvalue weighted by Gasteiger charge is -2.20. The van der Waals surface area contributed by atoms with E-state index in [1.165, 1.54) is 21.9 Å². The number of sulfonamides is 1. The molecule has 0 amide bonds. The molecule has 8 heteroatoms. The maximum absolute atomic E-state index is 12.1. The van der Waals surface area contributed by atoms with Gasteiger partial charge in [0.2, 0.25) is 10.0 Å². The van der Waals surface area contributed by atoms with Crippen LogP contribution in [0.5, 0.6) is 0 Å². The molecule has 0 aliphatic rings. The first-order chi connectivity index (χ1) is 13.3. The van der Waals surface area contributed by atoms with Crippen molar-refractivity contribution < 1.29 is 23.1 Å². The second-order valence-electron chi connectivity index (χ2n) is 6.67. The number of unbranched alkanes of at least 4 members (excludes halogenated alkanes) is 3. The predicted octanol–water partition coefficient (Wildman–Crippen LogP) is 4.02. The van der Waals surface area contributed by atoms with Crippen molar-refractivity contribution in [2.24, 2.45) is 0 Å². The number of thiophene rings is 1. The summed E-state index contributed by atoms with van der Waals surface area (Å²) < 4.78 is 25.6. The number of carboxylic acid groups (broad SMARTS) is 1. The third-order valence-corrected chi connectivity index (χ3v) is 6.64. The van der Waals surface area contributed by atoms with Crippen LogP contribution in [0.1, 0.15) is 48.0 Å². The number of aliphatic carboxylic acids is 1. The Morgan fingerprint density at radius 1 is 1.11 bits per heavy atom. The second-order valence-corrected chi connectivity index (χ2v) is 9.57. The Labute approximate surface area is 169 Å². The summed E-state index contributed by atoms with van der Waals surface area (Å²) in [5, 5.41) is 10.5. The maximum Gasteiger partial charge on any atom is 0.303 e. The van der Waals surface area contributed by atoms with E-state index in [9.17, 15) is 18.0 Å². The smallest absolute Gasteiger partial charge is 0.303 e. The van der Waals surface area contributed by atoms with Crippen LogP contribution in [0.15, 0.2) is 35.7 Å². The molecule has 0 aliphatic carbocycles. The topological polar surface area (TPSA) is 91.8 Å². The van der Waals surface area contributed by atoms with Crippen molar-refractivity contribution in [3.8, 4) is 10.4 Å². The fourth-order valence-electron chi connectivity index (χ4n) is 2.89. The highest BCUT2D eigenvalue weighted by Gasteiger charge is 2.17. The largest absolute Gasteiger partial charge is 0.481 e. The summed E-state index contributed by atoms with van der Waals surface area (Å²) in [5.41, 5.74) is 2.47. The lowest BCUT2D eigenvalue weighted by molar-refractivity contribution is -0.137. The van der Waals surface area contributed by atoms with E-state index in [2.05, 4.69) is 0 Å². The van der Waals surface area contributed by atoms with Gasteiger partial charge in [-0.15, -0.1) is 11.3 Å². The van der Waals surface area contributed by atoms with Crippen LogP contribution in [0, 0.1) is 0 Å². The number of hydrogen-bond donors (Lipinski definition) is 1. The molecule has 0 aliphatic heterocycles. The van der Waals surface area contributed by atoms with E-state index in [1.807, 2.05) is 29.6 Å². The van der Waals surface area contributed by atoms with Crippen LogP contribution in [0.4, 0.5) is 0 Å². The van der Waals surface area contributed by atoms with E-state index < -0.39 is 16.0 Å². The van der Waals surface area contributed by atoms with Crippen LogP contribution in [-0.2, 0) is 21.4 Å². The highest BCUT2D eigenvalue weighted by atomic mass is 32.2. The van der Waals surface area contributed by atoms with Crippen LogP contribution in [-0.4, -0.2) is 42.9 Å². The number of nitrogens with zero attached hydrogens (tertiary/aromatic N) is 1. The van der Waals surface area contributed by atoms with Crippen molar-refractivity contribution in [1.29, 1.82) is 0 Å². The van der Waals surface area contributed by atoms with E-state index in [0.29, 0.717) is 31.5 Å². The van der Waals surface area contributed by atoms with Crippen molar-refractivity contribution in [2.75, 3.05) is 12.8 Å². The first-order valence-electron chi connectivity index (χ1n) is 9.10. The molecule has 0 spiro atoms. The highest BCUT2D eigenvalue weighted by Crippen LogP contribution is 2.29. The van der Waals surface area contributed by atoms with E-state index in [1.54, 1.807) is 6.07 Å². The lowest BCUT2D eigenvalue weighted by atomic mass is 10.1. The van der Waals surface area contributed by atoms with Gasteiger partial charge in [0.05, 0.1) is 6.26 Å². The second kappa shape index (κ2) is 10.5. The van der Waals surface area contributed by atoms with Gasteiger partial charge < -0.3 is 5.11 Å². The molecule has 28 heavy (non-hydrogen) atoms.